The maximum absolute atomic E-state index is 12.9. The summed E-state index contributed by atoms with van der Waals surface area (Å²) in [6.07, 6.45) is 6.19. The molecular weight excluding hydrogens is 635 g/mol. The average Bonchev–Trinajstić information content (AvgIpc) is 3.18. The SMILES string of the molecule is CCCCCCCCOC(C)OC(=O)c1ccc(-c2nc(-c3ccc(-c4ccccc4)cc3)nc(-c3ccc(-c4ccccc4)cc3)n2)c(O)c1. The first-order chi connectivity index (χ1) is 25.0. The van der Waals surface area contributed by atoms with Gasteiger partial charge in [-0.1, -0.05) is 148 Å². The predicted molar refractivity (Wildman–Crippen MR) is 203 cm³/mol. The lowest BCUT2D eigenvalue weighted by atomic mass is 10.0. The number of carbonyl (C=O) groups excluding carboxylic acids is 1. The molecule has 0 amide bonds. The second-order valence-corrected chi connectivity index (χ2v) is 12.5. The molecule has 1 heterocycles. The molecule has 0 fully saturated rings. The van der Waals surface area contributed by atoms with Gasteiger partial charge in [-0.25, -0.2) is 19.7 Å². The van der Waals surface area contributed by atoms with Crippen LogP contribution in [0.15, 0.2) is 127 Å². The molecule has 0 aliphatic rings. The molecule has 1 N–H and O–H groups in total. The van der Waals surface area contributed by atoms with Crippen LogP contribution in [0.1, 0.15) is 62.7 Å². The lowest BCUT2D eigenvalue weighted by molar-refractivity contribution is -0.0987. The minimum Gasteiger partial charge on any atom is -0.507 e. The second-order valence-electron chi connectivity index (χ2n) is 12.5. The van der Waals surface area contributed by atoms with E-state index in [1.165, 1.54) is 31.7 Å². The van der Waals surface area contributed by atoms with Gasteiger partial charge in [0.2, 0.25) is 0 Å². The van der Waals surface area contributed by atoms with Crippen molar-refractivity contribution in [1.29, 1.82) is 0 Å². The van der Waals surface area contributed by atoms with Gasteiger partial charge >= 0.3 is 5.97 Å². The summed E-state index contributed by atoms with van der Waals surface area (Å²) in [4.78, 5) is 27.4. The molecule has 0 saturated carbocycles. The van der Waals surface area contributed by atoms with Crippen molar-refractivity contribution in [2.75, 3.05) is 6.61 Å². The van der Waals surface area contributed by atoms with Crippen molar-refractivity contribution in [3.8, 4) is 62.2 Å². The smallest absolute Gasteiger partial charge is 0.340 e. The Morgan fingerprint density at radius 1 is 0.588 bits per heavy atom. The highest BCUT2D eigenvalue weighted by Crippen LogP contribution is 2.32. The maximum Gasteiger partial charge on any atom is 0.340 e. The molecule has 258 valence electrons. The number of phenolic OH excluding ortho intramolecular Hbond substituents is 1. The zero-order chi connectivity index (χ0) is 35.4. The fourth-order valence-electron chi connectivity index (χ4n) is 5.87. The Labute approximate surface area is 300 Å². The van der Waals surface area contributed by atoms with Crippen LogP contribution in [0.5, 0.6) is 5.75 Å². The van der Waals surface area contributed by atoms with Gasteiger partial charge in [-0.2, -0.15) is 0 Å². The maximum atomic E-state index is 12.9. The number of carbonyl (C=O) groups is 1. The predicted octanol–water partition coefficient (Wildman–Crippen LogP) is 10.8. The minimum absolute atomic E-state index is 0.146. The second kappa shape index (κ2) is 17.3. The highest BCUT2D eigenvalue weighted by molar-refractivity contribution is 5.91. The molecule has 7 nitrogen and oxygen atoms in total. The third-order valence-corrected chi connectivity index (χ3v) is 8.73. The van der Waals surface area contributed by atoms with Gasteiger partial charge in [0.1, 0.15) is 5.75 Å². The number of hydrogen-bond acceptors (Lipinski definition) is 7. The fraction of sp³-hybridized carbons (Fsp3) is 0.227. The van der Waals surface area contributed by atoms with E-state index < -0.39 is 12.3 Å². The third kappa shape index (κ3) is 9.32. The van der Waals surface area contributed by atoms with Crippen LogP contribution in [0.4, 0.5) is 0 Å². The summed E-state index contributed by atoms with van der Waals surface area (Å²) >= 11 is 0. The molecule has 6 aromatic rings. The van der Waals surface area contributed by atoms with Crippen LogP contribution in [0, 0.1) is 0 Å². The molecule has 5 aromatic carbocycles. The van der Waals surface area contributed by atoms with Gasteiger partial charge in [0.15, 0.2) is 23.8 Å². The lowest BCUT2D eigenvalue weighted by Crippen LogP contribution is -2.18. The van der Waals surface area contributed by atoms with Crippen LogP contribution in [-0.2, 0) is 9.47 Å². The summed E-state index contributed by atoms with van der Waals surface area (Å²) in [6, 6.07) is 41.0. The molecule has 1 atom stereocenters. The van der Waals surface area contributed by atoms with E-state index in [1.54, 1.807) is 19.1 Å². The molecule has 6 rings (SSSR count). The highest BCUT2D eigenvalue weighted by Gasteiger charge is 2.19. The Bertz CT molecular complexity index is 1910. The number of nitrogens with zero attached hydrogens (tertiary/aromatic N) is 3. The summed E-state index contributed by atoms with van der Waals surface area (Å²) in [6.45, 7) is 4.43. The van der Waals surface area contributed by atoms with E-state index in [-0.39, 0.29) is 17.1 Å². The fourth-order valence-corrected chi connectivity index (χ4v) is 5.87. The number of unbranched alkanes of at least 4 members (excludes halogenated alkanes) is 5. The van der Waals surface area contributed by atoms with E-state index in [0.717, 1.165) is 46.2 Å². The summed E-state index contributed by atoms with van der Waals surface area (Å²) < 4.78 is 11.2. The number of esters is 1. The quantitative estimate of drug-likeness (QED) is 0.0656. The number of phenols is 1. The summed E-state index contributed by atoms with van der Waals surface area (Å²) in [5.41, 5.74) is 6.55. The summed E-state index contributed by atoms with van der Waals surface area (Å²) in [5, 5.41) is 11.2. The van der Waals surface area contributed by atoms with Gasteiger partial charge in [-0.15, -0.1) is 0 Å². The van der Waals surface area contributed by atoms with Crippen molar-refractivity contribution in [3.05, 3.63) is 133 Å². The molecule has 7 heteroatoms. The van der Waals surface area contributed by atoms with E-state index in [4.69, 9.17) is 24.4 Å². The van der Waals surface area contributed by atoms with Crippen LogP contribution in [0.2, 0.25) is 0 Å². The highest BCUT2D eigenvalue weighted by atomic mass is 16.7. The number of aromatic nitrogens is 3. The van der Waals surface area contributed by atoms with Crippen molar-refractivity contribution in [1.82, 2.24) is 15.0 Å². The van der Waals surface area contributed by atoms with Gasteiger partial charge in [-0.05, 0) is 53.8 Å². The molecule has 1 unspecified atom stereocenters. The number of ether oxygens (including phenoxy) is 2. The van der Waals surface area contributed by atoms with Crippen molar-refractivity contribution in [2.24, 2.45) is 0 Å². The zero-order valence-electron chi connectivity index (χ0n) is 29.2. The number of hydrogen-bond donors (Lipinski definition) is 1. The van der Waals surface area contributed by atoms with E-state index >= 15 is 0 Å². The Morgan fingerprint density at radius 2 is 1.06 bits per heavy atom. The third-order valence-electron chi connectivity index (χ3n) is 8.73. The number of aromatic hydroxyl groups is 1. The molecule has 0 spiro atoms. The average molecular weight is 678 g/mol. The first kappa shape index (κ1) is 35.2. The Kier molecular flexibility index (Phi) is 11.9. The first-order valence-electron chi connectivity index (χ1n) is 17.7. The van der Waals surface area contributed by atoms with Crippen LogP contribution in [0.25, 0.3) is 56.4 Å². The largest absolute Gasteiger partial charge is 0.507 e. The van der Waals surface area contributed by atoms with Gasteiger partial charge < -0.3 is 14.6 Å². The summed E-state index contributed by atoms with van der Waals surface area (Å²) in [7, 11) is 0. The number of benzene rings is 5. The molecule has 0 bridgehead atoms. The molecule has 0 aliphatic carbocycles. The van der Waals surface area contributed by atoms with Crippen molar-refractivity contribution in [3.63, 3.8) is 0 Å². The molecular formula is C44H43N3O4. The Hall–Kier alpha value is -5.66. The molecule has 0 saturated heterocycles. The van der Waals surface area contributed by atoms with Crippen LogP contribution < -0.4 is 0 Å². The van der Waals surface area contributed by atoms with Crippen LogP contribution >= 0.6 is 0 Å². The molecule has 51 heavy (non-hydrogen) atoms. The Morgan fingerprint density at radius 3 is 1.59 bits per heavy atom. The lowest BCUT2D eigenvalue weighted by Gasteiger charge is -2.15. The molecule has 1 aromatic heterocycles. The van der Waals surface area contributed by atoms with E-state index in [9.17, 15) is 9.90 Å². The van der Waals surface area contributed by atoms with Crippen molar-refractivity contribution >= 4 is 5.97 Å². The zero-order valence-corrected chi connectivity index (χ0v) is 29.2. The topological polar surface area (TPSA) is 94.4 Å². The van der Waals surface area contributed by atoms with Crippen LogP contribution in [-0.4, -0.2) is 38.9 Å². The molecule has 0 radical (unpaired) electrons. The minimum atomic E-state index is -0.704. The van der Waals surface area contributed by atoms with E-state index in [0.29, 0.717) is 23.8 Å². The Balaban J connectivity index is 1.25. The van der Waals surface area contributed by atoms with Crippen LogP contribution in [0.3, 0.4) is 0 Å². The van der Waals surface area contributed by atoms with Gasteiger partial charge in [0, 0.05) is 11.1 Å². The first-order valence-corrected chi connectivity index (χ1v) is 17.7. The van der Waals surface area contributed by atoms with E-state index in [1.807, 2.05) is 84.9 Å². The number of rotatable bonds is 15. The van der Waals surface area contributed by atoms with Gasteiger partial charge in [0.05, 0.1) is 17.7 Å². The van der Waals surface area contributed by atoms with Gasteiger partial charge in [-0.3, -0.25) is 0 Å². The van der Waals surface area contributed by atoms with Gasteiger partial charge in [0.25, 0.3) is 0 Å². The van der Waals surface area contributed by atoms with E-state index in [2.05, 4.69) is 31.2 Å². The normalized spacial score (nSPS) is 11.6. The summed E-state index contributed by atoms with van der Waals surface area (Å²) in [5.74, 6) is 0.470. The monoisotopic (exact) mass is 677 g/mol. The molecule has 0 aliphatic heterocycles. The van der Waals surface area contributed by atoms with Crippen molar-refractivity contribution in [2.45, 2.75) is 58.7 Å². The van der Waals surface area contributed by atoms with Crippen molar-refractivity contribution < 1.29 is 19.4 Å². The standard InChI is InChI=1S/C44H43N3O4/c1-3-4-5-6-7-14-29-50-31(2)51-44(49)38-27-28-39(40(48)30-38)43-46-41(36-23-19-34(20-24-36)32-15-10-8-11-16-32)45-42(47-43)37-25-21-35(22-26-37)33-17-12-9-13-18-33/h8-13,15-28,30-31,48H,3-7,14,29H2,1-2H3.